The molecule has 0 aliphatic rings. The number of guanidine groups is 1. The molecule has 0 spiro atoms. The van der Waals surface area contributed by atoms with Crippen LogP contribution >= 0.6 is 0 Å². The topological polar surface area (TPSA) is 472 Å². The second-order valence-corrected chi connectivity index (χ2v) is 23.8. The van der Waals surface area contributed by atoms with E-state index in [9.17, 15) is 58.2 Å². The van der Waals surface area contributed by atoms with Crippen molar-refractivity contribution in [3.05, 3.63) is 150 Å². The van der Waals surface area contributed by atoms with E-state index in [1.807, 2.05) is 38.1 Å². The molecule has 0 radical (unpaired) electrons. The van der Waals surface area contributed by atoms with Gasteiger partial charge in [-0.05, 0) is 78.6 Å². The molecule has 19 N–H and O–H groups in total. The summed E-state index contributed by atoms with van der Waals surface area (Å²) in [5, 5.41) is 55.0. The average Bonchev–Trinajstić information content (AvgIpc) is 1.67. The van der Waals surface area contributed by atoms with Gasteiger partial charge in [0.2, 0.25) is 59.1 Å². The number of amides is 10. The molecule has 0 aliphatic heterocycles. The number of fused-ring (bicyclic) bond motifs is 2. The Labute approximate surface area is 552 Å². The van der Waals surface area contributed by atoms with Gasteiger partial charge in [0.05, 0.1) is 25.3 Å². The largest absolute Gasteiger partial charge is 0.508 e. The molecule has 96 heavy (non-hydrogen) atoms. The number of aliphatic hydroxyl groups excluding tert-OH is 1. The van der Waals surface area contributed by atoms with Crippen LogP contribution < -0.4 is 65.1 Å². The van der Waals surface area contributed by atoms with Crippen LogP contribution in [-0.4, -0.2) is 162 Å². The van der Waals surface area contributed by atoms with Crippen molar-refractivity contribution in [3.63, 3.8) is 0 Å². The number of aliphatic imine (C=N–C) groups is 1. The summed E-state index contributed by atoms with van der Waals surface area (Å²) in [5.74, 6) is -8.41. The zero-order valence-corrected chi connectivity index (χ0v) is 53.9. The maximum absolute atomic E-state index is 14.5. The predicted molar refractivity (Wildman–Crippen MR) is 355 cm³/mol. The first-order valence-electron chi connectivity index (χ1n) is 31.3. The van der Waals surface area contributed by atoms with E-state index in [0.29, 0.717) is 34.0 Å². The molecule has 10 amide bonds. The molecule has 510 valence electrons. The second kappa shape index (κ2) is 34.7. The molecule has 3 heterocycles. The van der Waals surface area contributed by atoms with E-state index in [2.05, 4.69) is 73.1 Å². The number of aromatic nitrogens is 5. The number of H-pyrrole nitrogens is 2. The summed E-state index contributed by atoms with van der Waals surface area (Å²) in [5.41, 5.74) is 21.4. The smallest absolute Gasteiger partial charge is 0.245 e. The standard InChI is InChI=1S/C66H84N18O12/c1-36(2)26-55(64(95)76-49(20-13-25-71-66(69)70-5)60(91)77-50(58(68)89)29-41-32-72-47-18-11-9-16-45(41)47)84-35-43(82-83-84)34-74-59(90)51(27-39-14-7-6-8-15-39)80-65(96)57(37(3)85)81-63(94)54(31-56(67)88)79-62(93)53(30-42-33-73-48-19-12-10-17-46(42)48)78-61(92)52(75-38(4)86)28-40-21-23-44(87)24-22-40/h6-12,14-19,21-24,32-33,35-37,49-55,57,72-73,85,87H,13,20,25-31,34H2,1-5H3,(H2,67,88)(H2,68,89)(H,74,90)(H,75,86)(H,76,95)(H,77,91)(H,78,92)(H,79,93)(H,80,96)(H,81,94)(H3,69,70,71)/t37-,49+,50+,51+,52-,53-,54+,55+,57+/m1/s1. The van der Waals surface area contributed by atoms with E-state index < -0.39 is 120 Å². The molecule has 30 nitrogen and oxygen atoms in total. The lowest BCUT2D eigenvalue weighted by Gasteiger charge is -2.28. The van der Waals surface area contributed by atoms with Crippen LogP contribution in [0.5, 0.6) is 5.75 Å². The molecule has 7 aromatic rings. The third-order valence-electron chi connectivity index (χ3n) is 15.7. The number of hydrogen-bond acceptors (Lipinski definition) is 15. The van der Waals surface area contributed by atoms with Crippen molar-refractivity contribution in [2.24, 2.45) is 28.1 Å². The van der Waals surface area contributed by atoms with Crippen LogP contribution in [0.4, 0.5) is 0 Å². The van der Waals surface area contributed by atoms with Gasteiger partial charge in [0.25, 0.3) is 0 Å². The molecule has 0 saturated carbocycles. The quantitative estimate of drug-likeness (QED) is 0.0136. The number of phenolic OH excluding ortho intramolecular Hbond substituents is 1. The van der Waals surface area contributed by atoms with Crippen LogP contribution in [0.25, 0.3) is 21.8 Å². The zero-order valence-electron chi connectivity index (χ0n) is 53.9. The molecule has 0 unspecified atom stereocenters. The fourth-order valence-electron chi connectivity index (χ4n) is 10.8. The number of aromatic amines is 2. The number of benzene rings is 4. The number of carbonyl (C=O) groups is 10. The van der Waals surface area contributed by atoms with Gasteiger partial charge in [-0.3, -0.25) is 52.9 Å². The summed E-state index contributed by atoms with van der Waals surface area (Å²) in [4.78, 5) is 148. The van der Waals surface area contributed by atoms with Gasteiger partial charge >= 0.3 is 0 Å². The first kappa shape index (κ1) is 72.3. The van der Waals surface area contributed by atoms with Crippen molar-refractivity contribution in [1.82, 2.24) is 72.8 Å². The van der Waals surface area contributed by atoms with Gasteiger partial charge in [-0.25, -0.2) is 4.68 Å². The average molecular weight is 1320 g/mol. The minimum Gasteiger partial charge on any atom is -0.508 e. The highest BCUT2D eigenvalue weighted by Gasteiger charge is 2.36. The monoisotopic (exact) mass is 1320 g/mol. The minimum atomic E-state index is -1.83. The first-order chi connectivity index (χ1) is 45.8. The molecule has 0 saturated heterocycles. The number of hydrogen-bond donors (Lipinski definition) is 16. The van der Waals surface area contributed by atoms with Crippen molar-refractivity contribution in [1.29, 1.82) is 0 Å². The minimum absolute atomic E-state index is 0.0309. The molecular formula is C66H84N18O12. The summed E-state index contributed by atoms with van der Waals surface area (Å²) in [7, 11) is 1.51. The van der Waals surface area contributed by atoms with Gasteiger partial charge in [-0.1, -0.05) is 97.9 Å². The Balaban J connectivity index is 1.05. The van der Waals surface area contributed by atoms with Crippen molar-refractivity contribution < 1.29 is 58.2 Å². The summed E-state index contributed by atoms with van der Waals surface area (Å²) >= 11 is 0. The molecule has 4 aromatic carbocycles. The molecule has 3 aromatic heterocycles. The maximum Gasteiger partial charge on any atom is 0.245 e. The maximum atomic E-state index is 14.5. The van der Waals surface area contributed by atoms with Crippen LogP contribution in [0.2, 0.25) is 0 Å². The SMILES string of the molecule is CN=C(N)NCCC[C@H](NC(=O)[C@H](CC(C)C)n1cc(CNC(=O)[C@H](Cc2ccccc2)NC(=O)[C@@H](NC(=O)[C@H](CC(N)=O)NC(=O)[C@@H](Cc2c[nH]c3ccccc23)NC(=O)[C@@H](Cc2ccc(O)cc2)NC(C)=O)[C@@H](C)O)nn1)C(=O)N[C@@H](Cc1c[nH]c2ccccc12)C(N)=O. The fraction of sp³-hybridized carbons (Fsp3) is 0.379. The van der Waals surface area contributed by atoms with Crippen molar-refractivity contribution >= 4 is 86.8 Å². The Morgan fingerprint density at radius 1 is 0.573 bits per heavy atom. The number of nitrogens with zero attached hydrogens (tertiary/aromatic N) is 4. The number of aromatic hydroxyl groups is 1. The fourth-order valence-corrected chi connectivity index (χ4v) is 10.8. The van der Waals surface area contributed by atoms with Crippen molar-refractivity contribution in [2.75, 3.05) is 13.6 Å². The summed E-state index contributed by atoms with van der Waals surface area (Å²) in [6.07, 6.45) is 2.66. The molecule has 0 aliphatic carbocycles. The lowest BCUT2D eigenvalue weighted by molar-refractivity contribution is -0.137. The van der Waals surface area contributed by atoms with E-state index in [-0.39, 0.29) is 74.9 Å². The van der Waals surface area contributed by atoms with Crippen LogP contribution in [-0.2, 0) is 80.2 Å². The van der Waals surface area contributed by atoms with Crippen LogP contribution in [0.1, 0.15) is 87.4 Å². The van der Waals surface area contributed by atoms with Gasteiger partial charge in [0.15, 0.2) is 5.96 Å². The molecular weight excluding hydrogens is 1240 g/mol. The Hall–Kier alpha value is -11.2. The van der Waals surface area contributed by atoms with Gasteiger partial charge in [-0.2, -0.15) is 0 Å². The first-order valence-corrected chi connectivity index (χ1v) is 31.3. The number of carbonyl (C=O) groups excluding carboxylic acids is 10. The highest BCUT2D eigenvalue weighted by molar-refractivity contribution is 5.99. The van der Waals surface area contributed by atoms with E-state index in [1.54, 1.807) is 79.1 Å². The number of nitrogens with two attached hydrogens (primary N) is 3. The molecule has 9 atom stereocenters. The summed E-state index contributed by atoms with van der Waals surface area (Å²) in [6.45, 7) is 6.15. The lowest BCUT2D eigenvalue weighted by Crippen LogP contribution is -2.61. The Morgan fingerprint density at radius 3 is 1.66 bits per heavy atom. The molecule has 7 rings (SSSR count). The molecule has 0 bridgehead atoms. The van der Waals surface area contributed by atoms with Gasteiger partial charge < -0.3 is 85.2 Å². The lowest BCUT2D eigenvalue weighted by atomic mass is 10.0. The summed E-state index contributed by atoms with van der Waals surface area (Å²) in [6, 6.07) is 18.0. The predicted octanol–water partition coefficient (Wildman–Crippen LogP) is -0.410. The van der Waals surface area contributed by atoms with E-state index in [1.165, 1.54) is 43.9 Å². The second-order valence-electron chi connectivity index (χ2n) is 23.8. The van der Waals surface area contributed by atoms with Crippen molar-refractivity contribution in [3.8, 4) is 5.75 Å². The highest BCUT2D eigenvalue weighted by Crippen LogP contribution is 2.23. The Morgan fingerprint density at radius 2 is 1.08 bits per heavy atom. The molecule has 30 heteroatoms. The third kappa shape index (κ3) is 21.2. The number of aliphatic hydroxyl groups is 1. The summed E-state index contributed by atoms with van der Waals surface area (Å²) < 4.78 is 1.30. The van der Waals surface area contributed by atoms with Crippen LogP contribution in [0.15, 0.2) is 127 Å². The third-order valence-corrected chi connectivity index (χ3v) is 15.7. The number of nitrogens with one attached hydrogen (secondary N) is 11. The van der Waals surface area contributed by atoms with E-state index in [0.717, 1.165) is 16.5 Å². The van der Waals surface area contributed by atoms with Gasteiger partial charge in [-0.15, -0.1) is 5.10 Å². The van der Waals surface area contributed by atoms with Gasteiger partial charge in [0.1, 0.15) is 59.8 Å². The number of para-hydroxylation sites is 2. The Bertz CT molecular complexity index is 3880. The van der Waals surface area contributed by atoms with Crippen molar-refractivity contribution in [2.45, 2.75) is 140 Å². The number of phenols is 1. The van der Waals surface area contributed by atoms with Crippen LogP contribution in [0, 0.1) is 5.92 Å². The van der Waals surface area contributed by atoms with Gasteiger partial charge in [0, 0.05) is 80.4 Å². The van der Waals surface area contributed by atoms with Crippen LogP contribution in [0.3, 0.4) is 0 Å². The number of rotatable bonds is 35. The molecule has 0 fully saturated rings. The van der Waals surface area contributed by atoms with E-state index in [4.69, 9.17) is 17.2 Å². The normalized spacial score (nSPS) is 14.3. The highest BCUT2D eigenvalue weighted by atomic mass is 16.3. The number of primary amides is 2. The van der Waals surface area contributed by atoms with E-state index >= 15 is 0 Å². The Kier molecular flexibility index (Phi) is 26.1. The zero-order chi connectivity index (χ0) is 69.6.